The van der Waals surface area contributed by atoms with Crippen LogP contribution in [-0.2, 0) is 4.79 Å². The van der Waals surface area contributed by atoms with Crippen LogP contribution in [0.4, 0.5) is 0 Å². The monoisotopic (exact) mass is 240 g/mol. The Morgan fingerprint density at radius 1 is 1.56 bits per heavy atom. The minimum absolute atomic E-state index is 0.196. The number of ketones is 1. The summed E-state index contributed by atoms with van der Waals surface area (Å²) in [5, 5.41) is -0.805. The molecule has 1 unspecified atom stereocenters. The van der Waals surface area contributed by atoms with E-state index in [0.29, 0.717) is 29.8 Å². The maximum Gasteiger partial charge on any atom is 0.154 e. The molecule has 0 saturated heterocycles. The van der Waals surface area contributed by atoms with Gasteiger partial charge in [0.1, 0.15) is 11.1 Å². The summed E-state index contributed by atoms with van der Waals surface area (Å²) in [5.74, 6) is 0.264. The lowest BCUT2D eigenvalue weighted by Gasteiger charge is -2.12. The van der Waals surface area contributed by atoms with E-state index in [1.54, 1.807) is 18.2 Å². The molecule has 1 aromatic rings. The van der Waals surface area contributed by atoms with Crippen molar-refractivity contribution in [3.8, 4) is 5.75 Å². The van der Waals surface area contributed by atoms with Gasteiger partial charge in [0, 0.05) is 0 Å². The van der Waals surface area contributed by atoms with Crippen molar-refractivity contribution >= 4 is 23.7 Å². The van der Waals surface area contributed by atoms with Gasteiger partial charge < -0.3 is 4.74 Å². The van der Waals surface area contributed by atoms with Crippen molar-refractivity contribution in [2.75, 3.05) is 6.61 Å². The Hall–Kier alpha value is -1.35. The van der Waals surface area contributed by atoms with E-state index < -0.39 is 5.38 Å². The molecule has 0 radical (unpaired) electrons. The summed E-state index contributed by atoms with van der Waals surface area (Å²) in [6.07, 6.45) is 0.665. The van der Waals surface area contributed by atoms with Crippen LogP contribution >= 0.6 is 11.6 Å². The van der Waals surface area contributed by atoms with Crippen LogP contribution in [0.5, 0.6) is 5.75 Å². The third-order valence-corrected chi connectivity index (χ3v) is 2.69. The molecule has 0 aromatic heterocycles. The van der Waals surface area contributed by atoms with Crippen molar-refractivity contribution in [3.05, 3.63) is 29.3 Å². The van der Waals surface area contributed by atoms with Crippen molar-refractivity contribution in [3.63, 3.8) is 0 Å². The van der Waals surface area contributed by atoms with Crippen molar-refractivity contribution in [2.24, 2.45) is 0 Å². The van der Waals surface area contributed by atoms with Crippen LogP contribution in [0.1, 0.15) is 35.1 Å². The van der Waals surface area contributed by atoms with Gasteiger partial charge in [-0.1, -0.05) is 12.1 Å². The zero-order valence-electron chi connectivity index (χ0n) is 9.20. The molecule has 0 amide bonds. The maximum atomic E-state index is 11.2. The highest BCUT2D eigenvalue weighted by Gasteiger charge is 2.19. The van der Waals surface area contributed by atoms with Gasteiger partial charge in [0.05, 0.1) is 12.2 Å². The average Bonchev–Trinajstić information content (AvgIpc) is 2.28. The quantitative estimate of drug-likeness (QED) is 0.587. The standard InChI is InChI=1S/C12H13ClO3/c1-3-16-11-6-4-5-9(10(11)7-14)12(13)8(2)15/h4-7,12H,3H2,1-2H3. The number of hydrogen-bond acceptors (Lipinski definition) is 3. The van der Waals surface area contributed by atoms with Crippen molar-refractivity contribution in [1.29, 1.82) is 0 Å². The Bertz CT molecular complexity index is 401. The smallest absolute Gasteiger partial charge is 0.154 e. The molecule has 1 rings (SSSR count). The number of benzene rings is 1. The summed E-state index contributed by atoms with van der Waals surface area (Å²) in [7, 11) is 0. The summed E-state index contributed by atoms with van der Waals surface area (Å²) < 4.78 is 5.30. The molecular weight excluding hydrogens is 228 g/mol. The predicted octanol–water partition coefficient (Wildman–Crippen LogP) is 2.77. The molecule has 0 aliphatic carbocycles. The van der Waals surface area contributed by atoms with Gasteiger partial charge in [0.2, 0.25) is 0 Å². The summed E-state index contributed by atoms with van der Waals surface area (Å²) >= 11 is 5.93. The summed E-state index contributed by atoms with van der Waals surface area (Å²) in [6, 6.07) is 5.05. The van der Waals surface area contributed by atoms with Crippen LogP contribution in [0.2, 0.25) is 0 Å². The van der Waals surface area contributed by atoms with Gasteiger partial charge in [-0.25, -0.2) is 0 Å². The number of aldehydes is 1. The van der Waals surface area contributed by atoms with E-state index in [2.05, 4.69) is 0 Å². The lowest BCUT2D eigenvalue weighted by Crippen LogP contribution is -2.07. The Morgan fingerprint density at radius 2 is 2.25 bits per heavy atom. The Labute approximate surface area is 99.4 Å². The fraction of sp³-hybridized carbons (Fsp3) is 0.333. The fourth-order valence-electron chi connectivity index (χ4n) is 1.41. The molecule has 16 heavy (non-hydrogen) atoms. The molecule has 0 saturated carbocycles. The SMILES string of the molecule is CCOc1cccc(C(Cl)C(C)=O)c1C=O. The van der Waals surface area contributed by atoms with Crippen molar-refractivity contribution in [2.45, 2.75) is 19.2 Å². The average molecular weight is 241 g/mol. The molecule has 0 fully saturated rings. The molecule has 0 bridgehead atoms. The second-order valence-electron chi connectivity index (χ2n) is 3.28. The van der Waals surface area contributed by atoms with E-state index in [4.69, 9.17) is 16.3 Å². The molecule has 3 nitrogen and oxygen atoms in total. The lowest BCUT2D eigenvalue weighted by molar-refractivity contribution is -0.116. The first-order valence-electron chi connectivity index (χ1n) is 4.97. The largest absolute Gasteiger partial charge is 0.493 e. The second kappa shape index (κ2) is 5.66. The molecule has 1 atom stereocenters. The minimum atomic E-state index is -0.805. The van der Waals surface area contributed by atoms with Crippen LogP contribution < -0.4 is 4.74 Å². The van der Waals surface area contributed by atoms with Gasteiger partial charge >= 0.3 is 0 Å². The highest BCUT2D eigenvalue weighted by molar-refractivity contribution is 6.31. The van der Waals surface area contributed by atoms with E-state index in [9.17, 15) is 9.59 Å². The van der Waals surface area contributed by atoms with E-state index in [0.717, 1.165) is 0 Å². The van der Waals surface area contributed by atoms with Gasteiger partial charge in [-0.15, -0.1) is 11.6 Å². The number of halogens is 1. The van der Waals surface area contributed by atoms with Crippen molar-refractivity contribution < 1.29 is 14.3 Å². The van der Waals surface area contributed by atoms with E-state index in [1.807, 2.05) is 6.92 Å². The maximum absolute atomic E-state index is 11.2. The van der Waals surface area contributed by atoms with E-state index in [1.165, 1.54) is 6.92 Å². The van der Waals surface area contributed by atoms with Crippen LogP contribution in [0.15, 0.2) is 18.2 Å². The third-order valence-electron chi connectivity index (χ3n) is 2.15. The first-order chi connectivity index (χ1) is 7.61. The second-order valence-corrected chi connectivity index (χ2v) is 3.72. The lowest BCUT2D eigenvalue weighted by atomic mass is 10.0. The summed E-state index contributed by atoms with van der Waals surface area (Å²) in [4.78, 5) is 22.2. The minimum Gasteiger partial charge on any atom is -0.493 e. The molecule has 0 aliphatic rings. The fourth-order valence-corrected chi connectivity index (χ4v) is 1.60. The molecule has 0 aliphatic heterocycles. The first kappa shape index (κ1) is 12.7. The van der Waals surface area contributed by atoms with E-state index in [-0.39, 0.29) is 5.78 Å². The number of carbonyl (C=O) groups is 2. The zero-order chi connectivity index (χ0) is 12.1. The third kappa shape index (κ3) is 2.61. The molecular formula is C12H13ClO3. The molecule has 1 aromatic carbocycles. The number of ether oxygens (including phenoxy) is 1. The molecule has 0 spiro atoms. The molecule has 0 heterocycles. The number of rotatable bonds is 5. The molecule has 4 heteroatoms. The number of Topliss-reactive ketones (excluding diaryl/α,β-unsaturated/α-hetero) is 1. The molecule has 0 N–H and O–H groups in total. The highest BCUT2D eigenvalue weighted by Crippen LogP contribution is 2.29. The van der Waals surface area contributed by atoms with Crippen LogP contribution in [-0.4, -0.2) is 18.7 Å². The molecule has 86 valence electrons. The van der Waals surface area contributed by atoms with Gasteiger partial charge in [-0.3, -0.25) is 9.59 Å². The Balaban J connectivity index is 3.23. The van der Waals surface area contributed by atoms with Crippen LogP contribution in [0.25, 0.3) is 0 Å². The van der Waals surface area contributed by atoms with Crippen LogP contribution in [0, 0.1) is 0 Å². The zero-order valence-corrected chi connectivity index (χ0v) is 9.95. The first-order valence-corrected chi connectivity index (χ1v) is 5.40. The normalized spacial score (nSPS) is 11.9. The van der Waals surface area contributed by atoms with Gasteiger partial charge in [0.25, 0.3) is 0 Å². The summed E-state index contributed by atoms with van der Waals surface area (Å²) in [6.45, 7) is 3.67. The van der Waals surface area contributed by atoms with Gasteiger partial charge in [0.15, 0.2) is 12.1 Å². The number of alkyl halides is 1. The highest BCUT2D eigenvalue weighted by atomic mass is 35.5. The Kier molecular flexibility index (Phi) is 4.50. The van der Waals surface area contributed by atoms with E-state index >= 15 is 0 Å². The summed E-state index contributed by atoms with van der Waals surface area (Å²) in [5.41, 5.74) is 0.842. The van der Waals surface area contributed by atoms with Crippen LogP contribution in [0.3, 0.4) is 0 Å². The van der Waals surface area contributed by atoms with Crippen molar-refractivity contribution in [1.82, 2.24) is 0 Å². The topological polar surface area (TPSA) is 43.4 Å². The predicted molar refractivity (Wildman–Crippen MR) is 62.3 cm³/mol. The Morgan fingerprint density at radius 3 is 2.75 bits per heavy atom. The van der Waals surface area contributed by atoms with Gasteiger partial charge in [-0.2, -0.15) is 0 Å². The van der Waals surface area contributed by atoms with Gasteiger partial charge in [-0.05, 0) is 25.5 Å². The number of hydrogen-bond donors (Lipinski definition) is 0. The number of carbonyl (C=O) groups excluding carboxylic acids is 2.